The van der Waals surface area contributed by atoms with Crippen LogP contribution in [0.2, 0.25) is 0 Å². The molecule has 0 aliphatic rings. The Morgan fingerprint density at radius 3 is 2.83 bits per heavy atom. The number of hydrogen-bond acceptors (Lipinski definition) is 4. The number of carboxylic acids is 1. The number of anilines is 1. The molecule has 1 aromatic carbocycles. The third-order valence-corrected chi connectivity index (χ3v) is 3.05. The van der Waals surface area contributed by atoms with Crippen molar-refractivity contribution in [2.45, 2.75) is 6.54 Å². The second kappa shape index (κ2) is 5.59. The third-order valence-electron chi connectivity index (χ3n) is 2.27. The zero-order valence-corrected chi connectivity index (χ0v) is 10.9. The van der Waals surface area contributed by atoms with Gasteiger partial charge in [-0.3, -0.25) is 4.98 Å². The van der Waals surface area contributed by atoms with Crippen LogP contribution in [0.25, 0.3) is 0 Å². The van der Waals surface area contributed by atoms with E-state index in [1.54, 1.807) is 0 Å². The summed E-state index contributed by atoms with van der Waals surface area (Å²) in [6, 6.07) is 7.77. The van der Waals surface area contributed by atoms with Gasteiger partial charge in [0.2, 0.25) is 0 Å². The van der Waals surface area contributed by atoms with Crippen molar-refractivity contribution in [2.24, 2.45) is 0 Å². The van der Waals surface area contributed by atoms with Crippen molar-refractivity contribution in [1.29, 1.82) is 0 Å². The number of carboxylic acid groups (broad SMARTS) is 1. The second-order valence-corrected chi connectivity index (χ2v) is 4.39. The van der Waals surface area contributed by atoms with E-state index in [9.17, 15) is 4.79 Å². The van der Waals surface area contributed by atoms with E-state index in [4.69, 9.17) is 5.11 Å². The molecule has 0 radical (unpaired) electrons. The zero-order valence-electron chi connectivity index (χ0n) is 9.30. The molecule has 0 saturated carbocycles. The number of carbonyl (C=O) groups is 1. The first-order valence-electron chi connectivity index (χ1n) is 5.19. The molecule has 0 aliphatic carbocycles. The van der Waals surface area contributed by atoms with E-state index < -0.39 is 5.97 Å². The summed E-state index contributed by atoms with van der Waals surface area (Å²) < 4.78 is 0.986. The molecule has 0 saturated heterocycles. The second-order valence-electron chi connectivity index (χ2n) is 3.54. The fraction of sp³-hybridized carbons (Fsp3) is 0.0833. The van der Waals surface area contributed by atoms with Crippen LogP contribution in [0.3, 0.4) is 0 Å². The van der Waals surface area contributed by atoms with Crippen molar-refractivity contribution in [3.05, 3.63) is 52.4 Å². The quantitative estimate of drug-likeness (QED) is 0.908. The van der Waals surface area contributed by atoms with Crippen LogP contribution in [0.4, 0.5) is 5.82 Å². The molecule has 2 rings (SSSR count). The highest BCUT2D eigenvalue weighted by atomic mass is 79.9. The van der Waals surface area contributed by atoms with E-state index in [1.165, 1.54) is 12.4 Å². The lowest BCUT2D eigenvalue weighted by Gasteiger charge is -2.07. The highest BCUT2D eigenvalue weighted by molar-refractivity contribution is 9.10. The maximum Gasteiger partial charge on any atom is 0.356 e. The minimum absolute atomic E-state index is 0.0767. The number of halogens is 1. The molecule has 2 aromatic rings. The molecule has 1 aromatic heterocycles. The van der Waals surface area contributed by atoms with Gasteiger partial charge in [0.15, 0.2) is 5.69 Å². The van der Waals surface area contributed by atoms with Crippen molar-refractivity contribution >= 4 is 27.7 Å². The molecule has 18 heavy (non-hydrogen) atoms. The smallest absolute Gasteiger partial charge is 0.356 e. The lowest BCUT2D eigenvalue weighted by Crippen LogP contribution is -2.07. The summed E-state index contributed by atoms with van der Waals surface area (Å²) >= 11 is 3.44. The van der Waals surface area contributed by atoms with Gasteiger partial charge in [0, 0.05) is 11.0 Å². The van der Waals surface area contributed by atoms with Crippen LogP contribution in [-0.4, -0.2) is 21.0 Å². The first kappa shape index (κ1) is 12.5. The Bertz CT molecular complexity index is 575. The van der Waals surface area contributed by atoms with Gasteiger partial charge >= 0.3 is 5.97 Å². The molecule has 6 heteroatoms. The van der Waals surface area contributed by atoms with Crippen LogP contribution in [0.1, 0.15) is 16.1 Å². The van der Waals surface area contributed by atoms with Crippen LogP contribution in [0.5, 0.6) is 0 Å². The molecule has 1 heterocycles. The van der Waals surface area contributed by atoms with Gasteiger partial charge in [-0.15, -0.1) is 0 Å². The van der Waals surface area contributed by atoms with Crippen LogP contribution in [-0.2, 0) is 6.54 Å². The molecule has 5 nitrogen and oxygen atoms in total. The average Bonchev–Trinajstić information content (AvgIpc) is 2.38. The number of aromatic nitrogens is 2. The molecular formula is C12H10BrN3O2. The zero-order chi connectivity index (χ0) is 13.0. The number of rotatable bonds is 4. The topological polar surface area (TPSA) is 75.1 Å². The Morgan fingerprint density at radius 2 is 2.11 bits per heavy atom. The summed E-state index contributed by atoms with van der Waals surface area (Å²) in [6.07, 6.45) is 2.70. The number of hydrogen-bond donors (Lipinski definition) is 2. The van der Waals surface area contributed by atoms with Crippen LogP contribution < -0.4 is 5.32 Å². The molecule has 0 aliphatic heterocycles. The Balaban J connectivity index is 2.09. The minimum Gasteiger partial charge on any atom is -0.476 e. The van der Waals surface area contributed by atoms with Crippen molar-refractivity contribution < 1.29 is 9.90 Å². The maximum atomic E-state index is 10.7. The molecular weight excluding hydrogens is 298 g/mol. The Hall–Kier alpha value is -1.95. The SMILES string of the molecule is O=C(O)c1cncc(NCc2ccccc2Br)n1. The first-order chi connectivity index (χ1) is 8.66. The van der Waals surface area contributed by atoms with Gasteiger partial charge in [-0.25, -0.2) is 9.78 Å². The third kappa shape index (κ3) is 3.04. The molecule has 0 bridgehead atoms. The van der Waals surface area contributed by atoms with E-state index in [-0.39, 0.29) is 5.69 Å². The Morgan fingerprint density at radius 1 is 1.33 bits per heavy atom. The van der Waals surface area contributed by atoms with Crippen LogP contribution in [0, 0.1) is 0 Å². The highest BCUT2D eigenvalue weighted by Crippen LogP contribution is 2.16. The number of aromatic carboxylic acids is 1. The minimum atomic E-state index is -1.09. The Kier molecular flexibility index (Phi) is 3.88. The van der Waals surface area contributed by atoms with E-state index >= 15 is 0 Å². The first-order valence-corrected chi connectivity index (χ1v) is 5.99. The molecule has 2 N–H and O–H groups in total. The van der Waals surface area contributed by atoms with E-state index in [0.717, 1.165) is 10.0 Å². The summed E-state index contributed by atoms with van der Waals surface area (Å²) in [6.45, 7) is 0.541. The molecule has 0 spiro atoms. The normalized spacial score (nSPS) is 10.1. The Labute approximate surface area is 112 Å². The molecule has 0 fully saturated rings. The maximum absolute atomic E-state index is 10.7. The molecule has 92 valence electrons. The van der Waals surface area contributed by atoms with E-state index in [0.29, 0.717) is 12.4 Å². The fourth-order valence-electron chi connectivity index (χ4n) is 1.38. The van der Waals surface area contributed by atoms with Gasteiger partial charge < -0.3 is 10.4 Å². The van der Waals surface area contributed by atoms with Crippen molar-refractivity contribution in [1.82, 2.24) is 9.97 Å². The van der Waals surface area contributed by atoms with Crippen LogP contribution >= 0.6 is 15.9 Å². The van der Waals surface area contributed by atoms with Gasteiger partial charge in [-0.2, -0.15) is 0 Å². The number of benzene rings is 1. The summed E-state index contributed by atoms with van der Waals surface area (Å²) in [5, 5.41) is 11.8. The summed E-state index contributed by atoms with van der Waals surface area (Å²) in [5.41, 5.74) is 0.979. The van der Waals surface area contributed by atoms with Crippen LogP contribution in [0.15, 0.2) is 41.1 Å². The summed E-state index contributed by atoms with van der Waals surface area (Å²) in [7, 11) is 0. The van der Waals surface area contributed by atoms with Gasteiger partial charge in [0.1, 0.15) is 5.82 Å². The lowest BCUT2D eigenvalue weighted by molar-refractivity contribution is 0.0690. The molecule has 0 amide bonds. The van der Waals surface area contributed by atoms with Gasteiger partial charge in [0.05, 0.1) is 12.4 Å². The van der Waals surface area contributed by atoms with Crippen molar-refractivity contribution in [3.63, 3.8) is 0 Å². The predicted octanol–water partition coefficient (Wildman–Crippen LogP) is 2.55. The van der Waals surface area contributed by atoms with Gasteiger partial charge in [0.25, 0.3) is 0 Å². The monoisotopic (exact) mass is 307 g/mol. The summed E-state index contributed by atoms with van der Waals surface area (Å²) in [4.78, 5) is 18.5. The van der Waals surface area contributed by atoms with Gasteiger partial charge in [-0.05, 0) is 11.6 Å². The number of nitrogens with zero attached hydrogens (tertiary/aromatic N) is 2. The standard InChI is InChI=1S/C12H10BrN3O2/c13-9-4-2-1-3-8(9)5-15-11-7-14-6-10(16-11)12(17)18/h1-4,6-7H,5H2,(H,15,16)(H,17,18). The van der Waals surface area contributed by atoms with Crippen molar-refractivity contribution in [2.75, 3.05) is 5.32 Å². The molecule has 0 unspecified atom stereocenters. The highest BCUT2D eigenvalue weighted by Gasteiger charge is 2.06. The van der Waals surface area contributed by atoms with Crippen molar-refractivity contribution in [3.8, 4) is 0 Å². The lowest BCUT2D eigenvalue weighted by atomic mass is 10.2. The number of nitrogens with one attached hydrogen (secondary N) is 1. The van der Waals surface area contributed by atoms with Gasteiger partial charge in [-0.1, -0.05) is 34.1 Å². The largest absolute Gasteiger partial charge is 0.476 e. The van der Waals surface area contributed by atoms with E-state index in [2.05, 4.69) is 31.2 Å². The van der Waals surface area contributed by atoms with E-state index in [1.807, 2.05) is 24.3 Å². The molecule has 0 atom stereocenters. The average molecular weight is 308 g/mol. The predicted molar refractivity (Wildman–Crippen MR) is 70.5 cm³/mol. The fourth-order valence-corrected chi connectivity index (χ4v) is 1.81. The summed E-state index contributed by atoms with van der Waals surface area (Å²) in [5.74, 6) is -0.655.